The van der Waals surface area contributed by atoms with Crippen molar-refractivity contribution in [2.45, 2.75) is 11.6 Å². The second kappa shape index (κ2) is 5.52. The summed E-state index contributed by atoms with van der Waals surface area (Å²) in [6, 6.07) is 5.61. The Labute approximate surface area is 123 Å². The summed E-state index contributed by atoms with van der Waals surface area (Å²) in [5.74, 6) is 0.735. The van der Waals surface area contributed by atoms with Gasteiger partial charge < -0.3 is 9.30 Å². The molecule has 0 amide bonds. The second-order valence-corrected chi connectivity index (χ2v) is 7.16. The van der Waals surface area contributed by atoms with Crippen LogP contribution < -0.4 is 4.74 Å². The lowest BCUT2D eigenvalue weighted by molar-refractivity contribution is 0.412. The molecule has 1 aromatic carbocycles. The van der Waals surface area contributed by atoms with Gasteiger partial charge >= 0.3 is 0 Å². The summed E-state index contributed by atoms with van der Waals surface area (Å²) in [7, 11) is 3.02. The van der Waals surface area contributed by atoms with E-state index in [4.69, 9.17) is 15.4 Å². The van der Waals surface area contributed by atoms with Crippen molar-refractivity contribution in [1.29, 1.82) is 0 Å². The Morgan fingerprint density at radius 1 is 1.47 bits per heavy atom. The first kappa shape index (κ1) is 14.4. The van der Waals surface area contributed by atoms with Crippen molar-refractivity contribution in [2.75, 3.05) is 7.11 Å². The smallest absolute Gasteiger partial charge is 0.280 e. The zero-order chi connectivity index (χ0) is 14.0. The van der Waals surface area contributed by atoms with Gasteiger partial charge in [0.25, 0.3) is 9.05 Å². The molecule has 5 nitrogen and oxygen atoms in total. The van der Waals surface area contributed by atoms with Gasteiger partial charge in [-0.3, -0.25) is 0 Å². The normalized spacial score (nSPS) is 11.5. The summed E-state index contributed by atoms with van der Waals surface area (Å²) < 4.78 is 29.8. The van der Waals surface area contributed by atoms with Crippen molar-refractivity contribution >= 4 is 35.7 Å². The van der Waals surface area contributed by atoms with Gasteiger partial charge in [0.1, 0.15) is 5.75 Å². The third kappa shape index (κ3) is 3.49. The van der Waals surface area contributed by atoms with E-state index < -0.39 is 9.05 Å². The van der Waals surface area contributed by atoms with Crippen LogP contribution in [0.3, 0.4) is 0 Å². The summed E-state index contributed by atoms with van der Waals surface area (Å²) in [5, 5.41) is -0.151. The highest BCUT2D eigenvalue weighted by atomic mass is 79.9. The molecular weight excluding hydrogens is 356 g/mol. The fraction of sp³-hybridized carbons (Fsp3) is 0.182. The number of halogens is 2. The highest BCUT2D eigenvalue weighted by Crippen LogP contribution is 2.26. The van der Waals surface area contributed by atoms with E-state index in [1.807, 2.05) is 18.2 Å². The quantitative estimate of drug-likeness (QED) is 0.782. The van der Waals surface area contributed by atoms with Crippen molar-refractivity contribution in [1.82, 2.24) is 9.55 Å². The predicted molar refractivity (Wildman–Crippen MR) is 75.1 cm³/mol. The highest BCUT2D eigenvalue weighted by Gasteiger charge is 2.13. The minimum absolute atomic E-state index is 0.151. The molecule has 2 aromatic rings. The fourth-order valence-electron chi connectivity index (χ4n) is 1.57. The molecule has 8 heteroatoms. The monoisotopic (exact) mass is 364 g/mol. The fourth-order valence-corrected chi connectivity index (χ4v) is 2.83. The molecule has 0 bridgehead atoms. The molecule has 0 saturated heterocycles. The van der Waals surface area contributed by atoms with Crippen molar-refractivity contribution in [2.24, 2.45) is 0 Å². The average molecular weight is 366 g/mol. The Balaban J connectivity index is 2.22. The maximum atomic E-state index is 11.1. The van der Waals surface area contributed by atoms with Gasteiger partial charge in [-0.25, -0.2) is 13.4 Å². The van der Waals surface area contributed by atoms with Crippen LogP contribution in [0.1, 0.15) is 5.56 Å². The van der Waals surface area contributed by atoms with Gasteiger partial charge in [-0.1, -0.05) is 6.07 Å². The highest BCUT2D eigenvalue weighted by molar-refractivity contribution is 9.10. The van der Waals surface area contributed by atoms with Crippen LogP contribution in [-0.4, -0.2) is 25.1 Å². The zero-order valence-electron chi connectivity index (χ0n) is 9.88. The van der Waals surface area contributed by atoms with E-state index >= 15 is 0 Å². The molecule has 0 spiro atoms. The van der Waals surface area contributed by atoms with E-state index in [1.165, 1.54) is 12.5 Å². The SMILES string of the molecule is COc1ccc(Cn2cnc(S(=O)(=O)Cl)c2)cc1Br. The molecule has 102 valence electrons. The molecule has 0 aliphatic rings. The predicted octanol–water partition coefficient (Wildman–Crippen LogP) is 2.63. The van der Waals surface area contributed by atoms with Crippen LogP contribution in [0.4, 0.5) is 0 Å². The molecule has 19 heavy (non-hydrogen) atoms. The van der Waals surface area contributed by atoms with Gasteiger partial charge in [-0.05, 0) is 33.6 Å². The largest absolute Gasteiger partial charge is 0.496 e. The van der Waals surface area contributed by atoms with Crippen LogP contribution in [0.2, 0.25) is 0 Å². The van der Waals surface area contributed by atoms with Gasteiger partial charge in [0.2, 0.25) is 0 Å². The molecule has 1 aromatic heterocycles. The van der Waals surface area contributed by atoms with Crippen molar-refractivity contribution in [3.05, 3.63) is 40.8 Å². The van der Waals surface area contributed by atoms with Crippen molar-refractivity contribution in [3.8, 4) is 5.75 Å². The molecule has 0 N–H and O–H groups in total. The topological polar surface area (TPSA) is 61.2 Å². The van der Waals surface area contributed by atoms with Gasteiger partial charge in [0, 0.05) is 23.4 Å². The van der Waals surface area contributed by atoms with Gasteiger partial charge in [-0.2, -0.15) is 0 Å². The Morgan fingerprint density at radius 3 is 2.74 bits per heavy atom. The number of benzene rings is 1. The molecular formula is C11H10BrClN2O3S. The summed E-state index contributed by atoms with van der Waals surface area (Å²) in [4.78, 5) is 3.75. The van der Waals surface area contributed by atoms with E-state index in [0.29, 0.717) is 6.54 Å². The summed E-state index contributed by atoms with van der Waals surface area (Å²) >= 11 is 3.39. The lowest BCUT2D eigenvalue weighted by Gasteiger charge is -2.06. The first-order chi connectivity index (χ1) is 8.90. The maximum Gasteiger partial charge on any atom is 0.280 e. The van der Waals surface area contributed by atoms with Crippen LogP contribution in [-0.2, 0) is 15.6 Å². The number of rotatable bonds is 4. The van der Waals surface area contributed by atoms with Gasteiger partial charge in [-0.15, -0.1) is 0 Å². The lowest BCUT2D eigenvalue weighted by Crippen LogP contribution is -1.97. The number of ether oxygens (including phenoxy) is 1. The Kier molecular flexibility index (Phi) is 4.17. The molecule has 0 unspecified atom stereocenters. The minimum Gasteiger partial charge on any atom is -0.496 e. The number of nitrogens with zero attached hydrogens (tertiary/aromatic N) is 2. The number of imidazole rings is 1. The van der Waals surface area contributed by atoms with Crippen molar-refractivity contribution in [3.63, 3.8) is 0 Å². The minimum atomic E-state index is -3.78. The average Bonchev–Trinajstić information content (AvgIpc) is 2.77. The summed E-state index contributed by atoms with van der Waals surface area (Å²) in [6.45, 7) is 0.488. The number of aromatic nitrogens is 2. The number of hydrogen-bond donors (Lipinski definition) is 0. The first-order valence-corrected chi connectivity index (χ1v) is 8.29. The molecule has 0 radical (unpaired) electrons. The van der Waals surface area contributed by atoms with Crippen LogP contribution in [0, 0.1) is 0 Å². The molecule has 0 fully saturated rings. The van der Waals surface area contributed by atoms with E-state index in [2.05, 4.69) is 20.9 Å². The van der Waals surface area contributed by atoms with E-state index in [1.54, 1.807) is 11.7 Å². The second-order valence-electron chi connectivity index (χ2n) is 3.79. The van der Waals surface area contributed by atoms with E-state index in [9.17, 15) is 8.42 Å². The molecule has 0 aliphatic carbocycles. The molecule has 0 aliphatic heterocycles. The van der Waals surface area contributed by atoms with Crippen molar-refractivity contribution < 1.29 is 13.2 Å². The lowest BCUT2D eigenvalue weighted by atomic mass is 10.2. The maximum absolute atomic E-state index is 11.1. The van der Waals surface area contributed by atoms with Crippen LogP contribution in [0.5, 0.6) is 5.75 Å². The summed E-state index contributed by atoms with van der Waals surface area (Å²) in [5.41, 5.74) is 0.976. The summed E-state index contributed by atoms with van der Waals surface area (Å²) in [6.07, 6.45) is 2.81. The van der Waals surface area contributed by atoms with Crippen LogP contribution >= 0.6 is 26.6 Å². The van der Waals surface area contributed by atoms with Crippen LogP contribution in [0.25, 0.3) is 0 Å². The van der Waals surface area contributed by atoms with Gasteiger partial charge in [0.05, 0.1) is 17.9 Å². The van der Waals surface area contributed by atoms with Crippen LogP contribution in [0.15, 0.2) is 40.2 Å². The molecule has 0 atom stereocenters. The van der Waals surface area contributed by atoms with E-state index in [0.717, 1.165) is 15.8 Å². The van der Waals surface area contributed by atoms with Gasteiger partial charge in [0.15, 0.2) is 5.03 Å². The standard InChI is InChI=1S/C11H10BrClN2O3S/c1-18-10-3-2-8(4-9(10)12)5-15-6-11(14-7-15)19(13,16)17/h2-4,6-7H,5H2,1H3. The third-order valence-electron chi connectivity index (χ3n) is 2.44. The number of methoxy groups -OCH3 is 1. The first-order valence-electron chi connectivity index (χ1n) is 5.19. The molecule has 0 saturated carbocycles. The zero-order valence-corrected chi connectivity index (χ0v) is 13.0. The molecule has 2 rings (SSSR count). The van der Waals surface area contributed by atoms with E-state index in [-0.39, 0.29) is 5.03 Å². The Morgan fingerprint density at radius 2 is 2.21 bits per heavy atom. The third-order valence-corrected chi connectivity index (χ3v) is 4.25. The Hall–Kier alpha value is -1.05. The molecule has 1 heterocycles. The number of hydrogen-bond acceptors (Lipinski definition) is 4. The Bertz CT molecular complexity index is 700.